The maximum absolute atomic E-state index is 13.1. The van der Waals surface area contributed by atoms with E-state index < -0.39 is 6.04 Å². The lowest BCUT2D eigenvalue weighted by atomic mass is 10.0. The Bertz CT molecular complexity index is 946. The zero-order valence-corrected chi connectivity index (χ0v) is 19.7. The van der Waals surface area contributed by atoms with Gasteiger partial charge in [-0.25, -0.2) is 0 Å². The lowest BCUT2D eigenvalue weighted by Gasteiger charge is -2.35. The summed E-state index contributed by atoms with van der Waals surface area (Å²) in [6, 6.07) is 15.9. The minimum Gasteiger partial charge on any atom is -0.355 e. The fraction of sp³-hybridized carbons (Fsp3) is 0.400. The number of amides is 3. The van der Waals surface area contributed by atoms with Crippen LogP contribution in [0.25, 0.3) is 0 Å². The van der Waals surface area contributed by atoms with Crippen molar-refractivity contribution in [1.82, 2.24) is 20.4 Å². The third-order valence-electron chi connectivity index (χ3n) is 5.67. The normalized spacial score (nSPS) is 15.0. The number of piperazine rings is 1. The third kappa shape index (κ3) is 7.30. The van der Waals surface area contributed by atoms with Crippen molar-refractivity contribution in [3.05, 3.63) is 70.7 Å². The molecule has 176 valence electrons. The van der Waals surface area contributed by atoms with E-state index in [2.05, 4.69) is 15.5 Å². The van der Waals surface area contributed by atoms with E-state index in [0.29, 0.717) is 49.9 Å². The zero-order valence-electron chi connectivity index (χ0n) is 18.9. The fourth-order valence-electron chi connectivity index (χ4n) is 3.80. The molecular formula is C25H31ClN4O3. The monoisotopic (exact) mass is 470 g/mol. The van der Waals surface area contributed by atoms with E-state index in [9.17, 15) is 14.4 Å². The summed E-state index contributed by atoms with van der Waals surface area (Å²) in [5, 5.41) is 6.23. The van der Waals surface area contributed by atoms with Gasteiger partial charge in [0.05, 0.1) is 29.6 Å². The smallest absolute Gasteiger partial charge is 0.253 e. The maximum atomic E-state index is 13.1. The molecule has 0 aliphatic carbocycles. The first kappa shape index (κ1) is 24.7. The van der Waals surface area contributed by atoms with Gasteiger partial charge in [-0.1, -0.05) is 61.0 Å². The van der Waals surface area contributed by atoms with Gasteiger partial charge in [-0.05, 0) is 24.1 Å². The molecule has 1 saturated heterocycles. The summed E-state index contributed by atoms with van der Waals surface area (Å²) in [4.78, 5) is 41.8. The van der Waals surface area contributed by atoms with E-state index in [1.54, 1.807) is 29.2 Å². The molecule has 1 fully saturated rings. The van der Waals surface area contributed by atoms with Crippen LogP contribution in [-0.2, 0) is 9.59 Å². The minimum absolute atomic E-state index is 0.0167. The highest BCUT2D eigenvalue weighted by atomic mass is 35.5. The Morgan fingerprint density at radius 3 is 2.30 bits per heavy atom. The van der Waals surface area contributed by atoms with Crippen LogP contribution in [0.1, 0.15) is 41.7 Å². The standard InChI is InChI=1S/C25H31ClN4O3/c1-2-12-27-23(31)18-29-13-15-30(16-14-29)24(32)17-22(19-8-4-3-5-9-19)28-25(33)20-10-6-7-11-21(20)26/h3-11,22H,2,12-18H2,1H3,(H,27,31)(H,28,33). The van der Waals surface area contributed by atoms with Gasteiger partial charge in [0, 0.05) is 32.7 Å². The molecule has 3 amide bonds. The van der Waals surface area contributed by atoms with E-state index in [0.717, 1.165) is 12.0 Å². The molecule has 0 radical (unpaired) electrons. The van der Waals surface area contributed by atoms with Crippen molar-refractivity contribution in [2.24, 2.45) is 0 Å². The molecule has 0 saturated carbocycles. The van der Waals surface area contributed by atoms with Gasteiger partial charge >= 0.3 is 0 Å². The quantitative estimate of drug-likeness (QED) is 0.590. The summed E-state index contributed by atoms with van der Waals surface area (Å²) in [5.74, 6) is -0.327. The SMILES string of the molecule is CCCNC(=O)CN1CCN(C(=O)CC(NC(=O)c2ccccc2Cl)c2ccccc2)CC1. The molecule has 0 aromatic heterocycles. The fourth-order valence-corrected chi connectivity index (χ4v) is 4.02. The van der Waals surface area contributed by atoms with Crippen LogP contribution in [0.2, 0.25) is 5.02 Å². The van der Waals surface area contributed by atoms with Crippen LogP contribution < -0.4 is 10.6 Å². The maximum Gasteiger partial charge on any atom is 0.253 e. The minimum atomic E-state index is -0.472. The van der Waals surface area contributed by atoms with E-state index >= 15 is 0 Å². The van der Waals surface area contributed by atoms with E-state index in [-0.39, 0.29) is 24.1 Å². The Morgan fingerprint density at radius 1 is 0.970 bits per heavy atom. The number of hydrogen-bond acceptors (Lipinski definition) is 4. The summed E-state index contributed by atoms with van der Waals surface area (Å²) in [6.07, 6.45) is 1.06. The van der Waals surface area contributed by atoms with Gasteiger partial charge in [0.15, 0.2) is 0 Å². The van der Waals surface area contributed by atoms with Gasteiger partial charge < -0.3 is 15.5 Å². The van der Waals surface area contributed by atoms with E-state index in [4.69, 9.17) is 11.6 Å². The second kappa shape index (κ2) is 12.4. The van der Waals surface area contributed by atoms with Gasteiger partial charge in [-0.2, -0.15) is 0 Å². The summed E-state index contributed by atoms with van der Waals surface area (Å²) in [7, 11) is 0. The summed E-state index contributed by atoms with van der Waals surface area (Å²) in [6.45, 7) is 5.45. The topological polar surface area (TPSA) is 81.8 Å². The molecule has 7 nitrogen and oxygen atoms in total. The molecule has 0 spiro atoms. The van der Waals surface area contributed by atoms with Crippen molar-refractivity contribution in [1.29, 1.82) is 0 Å². The van der Waals surface area contributed by atoms with Crippen molar-refractivity contribution >= 4 is 29.3 Å². The van der Waals surface area contributed by atoms with Gasteiger partial charge in [0.25, 0.3) is 5.91 Å². The Balaban J connectivity index is 1.60. The number of nitrogens with zero attached hydrogens (tertiary/aromatic N) is 2. The molecule has 2 N–H and O–H groups in total. The number of rotatable bonds is 9. The molecule has 2 aromatic rings. The van der Waals surface area contributed by atoms with Crippen LogP contribution in [0.5, 0.6) is 0 Å². The summed E-state index contributed by atoms with van der Waals surface area (Å²) in [5.41, 5.74) is 1.24. The summed E-state index contributed by atoms with van der Waals surface area (Å²) < 4.78 is 0. The Kier molecular flexibility index (Phi) is 9.27. The predicted octanol–water partition coefficient (Wildman–Crippen LogP) is 2.87. The van der Waals surface area contributed by atoms with Crippen molar-refractivity contribution in [3.8, 4) is 0 Å². The highest BCUT2D eigenvalue weighted by Crippen LogP contribution is 2.21. The van der Waals surface area contributed by atoms with Crippen LogP contribution in [0.3, 0.4) is 0 Å². The number of carbonyl (C=O) groups excluding carboxylic acids is 3. The van der Waals surface area contributed by atoms with Crippen molar-refractivity contribution in [2.75, 3.05) is 39.3 Å². The van der Waals surface area contributed by atoms with E-state index in [1.165, 1.54) is 0 Å². The van der Waals surface area contributed by atoms with E-state index in [1.807, 2.05) is 37.3 Å². The molecule has 2 aromatic carbocycles. The van der Waals surface area contributed by atoms with Crippen LogP contribution >= 0.6 is 11.6 Å². The Labute approximate surface area is 200 Å². The number of nitrogens with one attached hydrogen (secondary N) is 2. The first-order valence-corrected chi connectivity index (χ1v) is 11.7. The second-order valence-electron chi connectivity index (χ2n) is 8.13. The molecule has 1 aliphatic heterocycles. The first-order chi connectivity index (χ1) is 16.0. The van der Waals surface area contributed by atoms with Crippen molar-refractivity contribution in [2.45, 2.75) is 25.8 Å². The zero-order chi connectivity index (χ0) is 23.6. The van der Waals surface area contributed by atoms with Gasteiger partial charge in [-0.3, -0.25) is 19.3 Å². The molecule has 3 rings (SSSR count). The van der Waals surface area contributed by atoms with Gasteiger partial charge in [-0.15, -0.1) is 0 Å². The lowest BCUT2D eigenvalue weighted by molar-refractivity contribution is -0.133. The van der Waals surface area contributed by atoms with Crippen molar-refractivity contribution in [3.63, 3.8) is 0 Å². The second-order valence-corrected chi connectivity index (χ2v) is 8.53. The molecule has 8 heteroatoms. The number of hydrogen-bond donors (Lipinski definition) is 2. The molecule has 1 unspecified atom stereocenters. The van der Waals surface area contributed by atoms with Gasteiger partial charge in [0.1, 0.15) is 0 Å². The number of benzene rings is 2. The number of carbonyl (C=O) groups is 3. The highest BCUT2D eigenvalue weighted by molar-refractivity contribution is 6.33. The summed E-state index contributed by atoms with van der Waals surface area (Å²) >= 11 is 6.18. The number of halogens is 1. The van der Waals surface area contributed by atoms with Gasteiger partial charge in [0.2, 0.25) is 11.8 Å². The average molecular weight is 471 g/mol. The average Bonchev–Trinajstić information content (AvgIpc) is 2.83. The molecule has 1 aliphatic rings. The van der Waals surface area contributed by atoms with Crippen LogP contribution in [-0.4, -0.2) is 66.8 Å². The molecule has 33 heavy (non-hydrogen) atoms. The Hall–Kier alpha value is -2.90. The molecule has 1 atom stereocenters. The van der Waals surface area contributed by atoms with Crippen LogP contribution in [0, 0.1) is 0 Å². The molecular weight excluding hydrogens is 440 g/mol. The largest absolute Gasteiger partial charge is 0.355 e. The lowest BCUT2D eigenvalue weighted by Crippen LogP contribution is -2.51. The van der Waals surface area contributed by atoms with Crippen molar-refractivity contribution < 1.29 is 14.4 Å². The molecule has 0 bridgehead atoms. The molecule has 1 heterocycles. The first-order valence-electron chi connectivity index (χ1n) is 11.3. The predicted molar refractivity (Wildman–Crippen MR) is 129 cm³/mol. The van der Waals surface area contributed by atoms with Crippen LogP contribution in [0.15, 0.2) is 54.6 Å². The van der Waals surface area contributed by atoms with Crippen LogP contribution in [0.4, 0.5) is 0 Å². The Morgan fingerprint density at radius 2 is 1.64 bits per heavy atom. The third-order valence-corrected chi connectivity index (χ3v) is 6.00. The highest BCUT2D eigenvalue weighted by Gasteiger charge is 2.26.